The molecular weight excluding hydrogens is 453 g/mol. The van der Waals surface area contributed by atoms with Crippen molar-refractivity contribution in [2.75, 3.05) is 25.0 Å². The summed E-state index contributed by atoms with van der Waals surface area (Å²) in [4.78, 5) is 6.78. The van der Waals surface area contributed by atoms with Gasteiger partial charge in [0.2, 0.25) is 0 Å². The first-order valence-electron chi connectivity index (χ1n) is 9.38. The minimum atomic E-state index is 0. The van der Waals surface area contributed by atoms with E-state index >= 15 is 0 Å². The molecule has 2 aromatic rings. The summed E-state index contributed by atoms with van der Waals surface area (Å²) in [6.45, 7) is 6.91. The predicted molar refractivity (Wildman–Crippen MR) is 121 cm³/mol. The lowest BCUT2D eigenvalue weighted by Gasteiger charge is -2.34. The third-order valence-corrected chi connectivity index (χ3v) is 4.78. The van der Waals surface area contributed by atoms with Gasteiger partial charge in [-0.05, 0) is 30.9 Å². The summed E-state index contributed by atoms with van der Waals surface area (Å²) >= 11 is 0. The van der Waals surface area contributed by atoms with Crippen LogP contribution in [0.25, 0.3) is 0 Å². The van der Waals surface area contributed by atoms with E-state index in [2.05, 4.69) is 69.9 Å². The largest absolute Gasteiger partial charge is 0.371 e. The number of piperidine rings is 1. The summed E-state index contributed by atoms with van der Waals surface area (Å²) in [6, 6.07) is 13.0. The van der Waals surface area contributed by atoms with E-state index in [0.717, 1.165) is 43.3 Å². The smallest absolute Gasteiger partial charge is 0.191 e. The number of aliphatic imine (C=N–C) groups is 1. The monoisotopic (exact) mass is 483 g/mol. The first-order valence-corrected chi connectivity index (χ1v) is 9.38. The summed E-state index contributed by atoms with van der Waals surface area (Å²) in [6.07, 6.45) is 2.19. The van der Waals surface area contributed by atoms with Crippen LogP contribution in [0.5, 0.6) is 0 Å². The molecule has 0 atom stereocenters. The van der Waals surface area contributed by atoms with Crippen LogP contribution in [0, 0.1) is 0 Å². The summed E-state index contributed by atoms with van der Waals surface area (Å²) in [5.74, 6) is 2.01. The summed E-state index contributed by atoms with van der Waals surface area (Å²) in [5.41, 5.74) is 2.29. The van der Waals surface area contributed by atoms with Crippen molar-refractivity contribution in [2.45, 2.75) is 45.2 Å². The molecular formula is C20H30IN5O. The second-order valence-corrected chi connectivity index (χ2v) is 7.04. The molecule has 0 saturated carbocycles. The highest BCUT2D eigenvalue weighted by Crippen LogP contribution is 2.19. The van der Waals surface area contributed by atoms with Gasteiger partial charge in [-0.15, -0.1) is 24.0 Å². The van der Waals surface area contributed by atoms with Gasteiger partial charge in [-0.25, -0.2) is 0 Å². The maximum absolute atomic E-state index is 5.37. The number of nitrogens with zero attached hydrogens (tertiary/aromatic N) is 3. The highest BCUT2D eigenvalue weighted by molar-refractivity contribution is 14.0. The van der Waals surface area contributed by atoms with Gasteiger partial charge in [0.1, 0.15) is 0 Å². The number of benzene rings is 1. The number of aromatic nitrogens is 1. The minimum absolute atomic E-state index is 0. The molecule has 0 aliphatic carbocycles. The Kier molecular flexibility index (Phi) is 8.40. The fourth-order valence-corrected chi connectivity index (χ4v) is 3.16. The van der Waals surface area contributed by atoms with Crippen LogP contribution in [0.4, 0.5) is 5.69 Å². The van der Waals surface area contributed by atoms with E-state index in [-0.39, 0.29) is 24.0 Å². The first-order chi connectivity index (χ1) is 12.7. The molecule has 6 nitrogen and oxygen atoms in total. The number of hydrogen-bond donors (Lipinski definition) is 2. The number of hydrogen-bond acceptors (Lipinski definition) is 4. The van der Waals surface area contributed by atoms with Crippen molar-refractivity contribution in [3.05, 3.63) is 47.9 Å². The van der Waals surface area contributed by atoms with Gasteiger partial charge < -0.3 is 20.1 Å². The van der Waals surface area contributed by atoms with Crippen molar-refractivity contribution >= 4 is 35.6 Å². The van der Waals surface area contributed by atoms with Crippen molar-refractivity contribution in [3.63, 3.8) is 0 Å². The quantitative estimate of drug-likeness (QED) is 0.386. The molecule has 0 spiro atoms. The Labute approximate surface area is 178 Å². The average molecular weight is 483 g/mol. The SMILES string of the molecule is CN=C(NCc1cc(C(C)C)no1)NC1CCN(c2ccccc2)CC1.I. The molecule has 0 radical (unpaired) electrons. The Morgan fingerprint density at radius 3 is 2.56 bits per heavy atom. The molecule has 27 heavy (non-hydrogen) atoms. The second kappa shape index (κ2) is 10.5. The minimum Gasteiger partial charge on any atom is -0.371 e. The molecule has 1 aromatic heterocycles. The van der Waals surface area contributed by atoms with E-state index < -0.39 is 0 Å². The summed E-state index contributed by atoms with van der Waals surface area (Å²) < 4.78 is 5.37. The molecule has 148 valence electrons. The van der Waals surface area contributed by atoms with Gasteiger partial charge in [0.25, 0.3) is 0 Å². The van der Waals surface area contributed by atoms with E-state index in [1.54, 1.807) is 7.05 Å². The lowest BCUT2D eigenvalue weighted by atomic mass is 10.0. The van der Waals surface area contributed by atoms with Crippen LogP contribution in [-0.2, 0) is 6.54 Å². The zero-order chi connectivity index (χ0) is 18.4. The summed E-state index contributed by atoms with van der Waals surface area (Å²) in [7, 11) is 1.80. The number of nitrogens with one attached hydrogen (secondary N) is 2. The van der Waals surface area contributed by atoms with Gasteiger partial charge in [-0.1, -0.05) is 37.2 Å². The van der Waals surface area contributed by atoms with E-state index in [9.17, 15) is 0 Å². The average Bonchev–Trinajstić information content (AvgIpc) is 3.16. The van der Waals surface area contributed by atoms with Crippen LogP contribution in [0.2, 0.25) is 0 Å². The number of halogens is 1. The van der Waals surface area contributed by atoms with Gasteiger partial charge in [0, 0.05) is 37.9 Å². The molecule has 1 saturated heterocycles. The topological polar surface area (TPSA) is 65.7 Å². The van der Waals surface area contributed by atoms with Crippen molar-refractivity contribution in [1.82, 2.24) is 15.8 Å². The Balaban J connectivity index is 0.00000261. The number of anilines is 1. The van der Waals surface area contributed by atoms with E-state index in [4.69, 9.17) is 4.52 Å². The number of guanidine groups is 1. The Morgan fingerprint density at radius 1 is 1.26 bits per heavy atom. The van der Waals surface area contributed by atoms with Gasteiger partial charge in [-0.3, -0.25) is 4.99 Å². The molecule has 2 heterocycles. The Bertz CT molecular complexity index is 708. The van der Waals surface area contributed by atoms with Gasteiger partial charge in [0.05, 0.1) is 12.2 Å². The van der Waals surface area contributed by atoms with Crippen LogP contribution < -0.4 is 15.5 Å². The predicted octanol–water partition coefficient (Wildman–Crippen LogP) is 3.75. The van der Waals surface area contributed by atoms with Crippen LogP contribution in [0.15, 0.2) is 45.9 Å². The van der Waals surface area contributed by atoms with Crippen molar-refractivity contribution in [1.29, 1.82) is 0 Å². The molecule has 2 N–H and O–H groups in total. The molecule has 0 unspecified atom stereocenters. The zero-order valence-corrected chi connectivity index (χ0v) is 18.6. The second-order valence-electron chi connectivity index (χ2n) is 7.04. The van der Waals surface area contributed by atoms with Crippen molar-refractivity contribution in [3.8, 4) is 0 Å². The fraction of sp³-hybridized carbons (Fsp3) is 0.500. The molecule has 0 amide bonds. The standard InChI is InChI=1S/C20H29N5O.HI/c1-15(2)19-13-18(26-24-19)14-22-20(21-3)23-16-9-11-25(12-10-16)17-7-5-4-6-8-17;/h4-8,13,15-16H,9-12,14H2,1-3H3,(H2,21,22,23);1H. The first kappa shape index (κ1) is 21.5. The molecule has 3 rings (SSSR count). The lowest BCUT2D eigenvalue weighted by Crippen LogP contribution is -2.48. The van der Waals surface area contributed by atoms with Crippen molar-refractivity contribution in [2.24, 2.45) is 4.99 Å². The van der Waals surface area contributed by atoms with Gasteiger partial charge in [-0.2, -0.15) is 0 Å². The van der Waals surface area contributed by atoms with Gasteiger partial charge >= 0.3 is 0 Å². The van der Waals surface area contributed by atoms with Gasteiger partial charge in [0.15, 0.2) is 11.7 Å². The maximum Gasteiger partial charge on any atom is 0.191 e. The molecule has 1 aromatic carbocycles. The molecule has 0 bridgehead atoms. The molecule has 7 heteroatoms. The molecule has 1 aliphatic heterocycles. The lowest BCUT2D eigenvalue weighted by molar-refractivity contribution is 0.371. The summed E-state index contributed by atoms with van der Waals surface area (Å²) in [5, 5.41) is 10.9. The molecule has 1 fully saturated rings. The maximum atomic E-state index is 5.37. The fourth-order valence-electron chi connectivity index (χ4n) is 3.16. The van der Waals surface area contributed by atoms with Crippen LogP contribution in [-0.4, -0.2) is 37.3 Å². The van der Waals surface area contributed by atoms with Crippen LogP contribution in [0.3, 0.4) is 0 Å². The molecule has 1 aliphatic rings. The van der Waals surface area contributed by atoms with E-state index in [0.29, 0.717) is 18.5 Å². The van der Waals surface area contributed by atoms with Crippen LogP contribution >= 0.6 is 24.0 Å². The highest BCUT2D eigenvalue weighted by Gasteiger charge is 2.20. The third kappa shape index (κ3) is 6.12. The van der Waals surface area contributed by atoms with E-state index in [1.807, 2.05) is 6.07 Å². The Hall–Kier alpha value is -1.77. The normalized spacial score (nSPS) is 15.6. The van der Waals surface area contributed by atoms with Crippen LogP contribution in [0.1, 0.15) is 44.1 Å². The highest BCUT2D eigenvalue weighted by atomic mass is 127. The number of rotatable bonds is 5. The van der Waals surface area contributed by atoms with Crippen molar-refractivity contribution < 1.29 is 4.52 Å². The van der Waals surface area contributed by atoms with E-state index in [1.165, 1.54) is 5.69 Å². The number of para-hydroxylation sites is 1. The third-order valence-electron chi connectivity index (χ3n) is 4.78. The Morgan fingerprint density at radius 2 is 1.96 bits per heavy atom. The zero-order valence-electron chi connectivity index (χ0n) is 16.3.